The SMILES string of the molecule is O=C(O)CCc1cc(F)c(OCc2cccc(OC3CCCC3)c2)c(F)c1. The van der Waals surface area contributed by atoms with Crippen molar-refractivity contribution < 1.29 is 28.2 Å². The van der Waals surface area contributed by atoms with E-state index in [0.29, 0.717) is 0 Å². The number of carboxylic acid groups (broad SMARTS) is 1. The smallest absolute Gasteiger partial charge is 0.303 e. The van der Waals surface area contributed by atoms with Crippen LogP contribution in [-0.4, -0.2) is 17.2 Å². The largest absolute Gasteiger partial charge is 0.490 e. The fourth-order valence-electron chi connectivity index (χ4n) is 3.21. The number of aryl methyl sites for hydroxylation is 1. The normalized spacial score (nSPS) is 14.3. The average molecular weight is 376 g/mol. The molecule has 2 aromatic carbocycles. The van der Waals surface area contributed by atoms with Crippen LogP contribution in [0.2, 0.25) is 0 Å². The van der Waals surface area contributed by atoms with E-state index in [1.165, 1.54) is 12.8 Å². The predicted octanol–water partition coefficient (Wildman–Crippen LogP) is 4.88. The first-order valence-electron chi connectivity index (χ1n) is 9.09. The van der Waals surface area contributed by atoms with Gasteiger partial charge in [0.05, 0.1) is 6.10 Å². The summed E-state index contributed by atoms with van der Waals surface area (Å²) in [7, 11) is 0. The maximum Gasteiger partial charge on any atom is 0.303 e. The standard InChI is InChI=1S/C21H22F2O4/c22-18-11-14(8-9-20(24)25)12-19(23)21(18)26-13-15-4-3-7-17(10-15)27-16-5-1-2-6-16/h3-4,7,10-12,16H,1-2,5-6,8-9,13H2,(H,24,25). The molecule has 2 aromatic rings. The molecule has 1 fully saturated rings. The van der Waals surface area contributed by atoms with Crippen molar-refractivity contribution in [2.75, 3.05) is 0 Å². The molecule has 0 aromatic heterocycles. The Hall–Kier alpha value is -2.63. The van der Waals surface area contributed by atoms with Crippen molar-refractivity contribution in [2.24, 2.45) is 0 Å². The molecule has 27 heavy (non-hydrogen) atoms. The van der Waals surface area contributed by atoms with Gasteiger partial charge in [-0.25, -0.2) is 8.78 Å². The van der Waals surface area contributed by atoms with Crippen LogP contribution in [0.25, 0.3) is 0 Å². The van der Waals surface area contributed by atoms with Gasteiger partial charge in [-0.05, 0) is 67.5 Å². The molecule has 1 saturated carbocycles. The van der Waals surface area contributed by atoms with E-state index in [1.807, 2.05) is 18.2 Å². The Balaban J connectivity index is 1.63. The van der Waals surface area contributed by atoms with Crippen LogP contribution in [0.15, 0.2) is 36.4 Å². The number of benzene rings is 2. The van der Waals surface area contributed by atoms with Crippen LogP contribution in [0, 0.1) is 11.6 Å². The van der Waals surface area contributed by atoms with E-state index in [9.17, 15) is 13.6 Å². The topological polar surface area (TPSA) is 55.8 Å². The molecule has 0 saturated heterocycles. The molecule has 0 radical (unpaired) electrons. The van der Waals surface area contributed by atoms with Gasteiger partial charge in [-0.3, -0.25) is 4.79 Å². The maximum absolute atomic E-state index is 14.2. The van der Waals surface area contributed by atoms with Gasteiger partial charge in [0, 0.05) is 6.42 Å². The molecule has 0 spiro atoms. The zero-order chi connectivity index (χ0) is 19.2. The molecular weight excluding hydrogens is 354 g/mol. The highest BCUT2D eigenvalue weighted by atomic mass is 19.1. The summed E-state index contributed by atoms with van der Waals surface area (Å²) in [4.78, 5) is 10.6. The Morgan fingerprint density at radius 3 is 2.44 bits per heavy atom. The van der Waals surface area contributed by atoms with Crippen molar-refractivity contribution in [3.05, 3.63) is 59.2 Å². The molecule has 0 unspecified atom stereocenters. The summed E-state index contributed by atoms with van der Waals surface area (Å²) in [6.07, 6.45) is 4.55. The molecule has 3 rings (SSSR count). The monoisotopic (exact) mass is 376 g/mol. The van der Waals surface area contributed by atoms with Gasteiger partial charge in [0.15, 0.2) is 17.4 Å². The molecule has 1 aliphatic rings. The van der Waals surface area contributed by atoms with Gasteiger partial charge in [-0.15, -0.1) is 0 Å². The van der Waals surface area contributed by atoms with Crippen molar-refractivity contribution in [1.29, 1.82) is 0 Å². The van der Waals surface area contributed by atoms with E-state index in [-0.39, 0.29) is 31.1 Å². The summed E-state index contributed by atoms with van der Waals surface area (Å²) in [5.74, 6) is -2.43. The second kappa shape index (κ2) is 8.84. The lowest BCUT2D eigenvalue weighted by molar-refractivity contribution is -0.136. The second-order valence-corrected chi connectivity index (χ2v) is 6.74. The van der Waals surface area contributed by atoms with Crippen molar-refractivity contribution in [3.63, 3.8) is 0 Å². The summed E-state index contributed by atoms with van der Waals surface area (Å²) in [6.45, 7) is 0.00415. The summed E-state index contributed by atoms with van der Waals surface area (Å²) >= 11 is 0. The van der Waals surface area contributed by atoms with Crippen molar-refractivity contribution in [3.8, 4) is 11.5 Å². The molecule has 0 aliphatic heterocycles. The van der Waals surface area contributed by atoms with Crippen LogP contribution in [0.5, 0.6) is 11.5 Å². The lowest BCUT2D eigenvalue weighted by Crippen LogP contribution is -2.11. The molecule has 0 amide bonds. The number of rotatable bonds is 8. The average Bonchev–Trinajstić information content (AvgIpc) is 3.12. The van der Waals surface area contributed by atoms with Crippen LogP contribution < -0.4 is 9.47 Å². The summed E-state index contributed by atoms with van der Waals surface area (Å²) in [6, 6.07) is 9.53. The van der Waals surface area contributed by atoms with E-state index in [2.05, 4.69) is 0 Å². The summed E-state index contributed by atoms with van der Waals surface area (Å²) in [5, 5.41) is 8.67. The van der Waals surface area contributed by atoms with E-state index in [0.717, 1.165) is 36.3 Å². The Morgan fingerprint density at radius 1 is 1.07 bits per heavy atom. The number of hydrogen-bond donors (Lipinski definition) is 1. The van der Waals surface area contributed by atoms with E-state index < -0.39 is 23.4 Å². The second-order valence-electron chi connectivity index (χ2n) is 6.74. The number of hydrogen-bond acceptors (Lipinski definition) is 3. The van der Waals surface area contributed by atoms with Gasteiger partial charge >= 0.3 is 5.97 Å². The highest BCUT2D eigenvalue weighted by Gasteiger charge is 2.17. The Bertz CT molecular complexity index is 778. The third-order valence-corrected chi connectivity index (χ3v) is 4.57. The minimum absolute atomic E-state index is 0.00415. The summed E-state index contributed by atoms with van der Waals surface area (Å²) < 4.78 is 39.6. The highest BCUT2D eigenvalue weighted by molar-refractivity contribution is 5.67. The van der Waals surface area contributed by atoms with Crippen LogP contribution in [0.4, 0.5) is 8.78 Å². The first-order valence-corrected chi connectivity index (χ1v) is 9.09. The van der Waals surface area contributed by atoms with Gasteiger partial charge in [0.1, 0.15) is 12.4 Å². The molecule has 0 atom stereocenters. The van der Waals surface area contributed by atoms with Crippen LogP contribution in [0.1, 0.15) is 43.2 Å². The quantitative estimate of drug-likeness (QED) is 0.713. The number of halogens is 2. The third kappa shape index (κ3) is 5.42. The molecular formula is C21H22F2O4. The van der Waals surface area contributed by atoms with E-state index in [4.69, 9.17) is 14.6 Å². The van der Waals surface area contributed by atoms with Crippen LogP contribution in [0.3, 0.4) is 0 Å². The zero-order valence-corrected chi connectivity index (χ0v) is 14.9. The highest BCUT2D eigenvalue weighted by Crippen LogP contribution is 2.27. The van der Waals surface area contributed by atoms with Gasteiger partial charge in [-0.1, -0.05) is 12.1 Å². The minimum atomic E-state index is -1.02. The lowest BCUT2D eigenvalue weighted by Gasteiger charge is -2.14. The van der Waals surface area contributed by atoms with Crippen LogP contribution in [-0.2, 0) is 17.8 Å². The first kappa shape index (κ1) is 19.1. The third-order valence-electron chi connectivity index (χ3n) is 4.57. The number of aliphatic carboxylic acids is 1. The fourth-order valence-corrected chi connectivity index (χ4v) is 3.21. The van der Waals surface area contributed by atoms with Gasteiger partial charge in [-0.2, -0.15) is 0 Å². The van der Waals surface area contributed by atoms with E-state index in [1.54, 1.807) is 6.07 Å². The Morgan fingerprint density at radius 2 is 1.78 bits per heavy atom. The molecule has 144 valence electrons. The lowest BCUT2D eigenvalue weighted by atomic mass is 10.1. The first-order chi connectivity index (χ1) is 13.0. The van der Waals surface area contributed by atoms with Crippen molar-refractivity contribution in [2.45, 2.75) is 51.2 Å². The van der Waals surface area contributed by atoms with Gasteiger partial charge in [0.2, 0.25) is 0 Å². The molecule has 4 nitrogen and oxygen atoms in total. The Kier molecular flexibility index (Phi) is 6.27. The number of carbonyl (C=O) groups is 1. The van der Waals surface area contributed by atoms with Crippen molar-refractivity contribution in [1.82, 2.24) is 0 Å². The fraction of sp³-hybridized carbons (Fsp3) is 0.381. The molecule has 1 aliphatic carbocycles. The molecule has 0 heterocycles. The molecule has 1 N–H and O–H groups in total. The van der Waals surface area contributed by atoms with Gasteiger partial charge in [0.25, 0.3) is 0 Å². The predicted molar refractivity (Wildman–Crippen MR) is 96.0 cm³/mol. The molecule has 6 heteroatoms. The van der Waals surface area contributed by atoms with Gasteiger partial charge < -0.3 is 14.6 Å². The number of ether oxygens (including phenoxy) is 2. The van der Waals surface area contributed by atoms with Crippen LogP contribution >= 0.6 is 0 Å². The van der Waals surface area contributed by atoms with Crippen molar-refractivity contribution >= 4 is 5.97 Å². The van der Waals surface area contributed by atoms with E-state index >= 15 is 0 Å². The Labute approximate surface area is 156 Å². The summed E-state index contributed by atoms with van der Waals surface area (Å²) in [5.41, 5.74) is 1.03. The molecule has 0 bridgehead atoms. The minimum Gasteiger partial charge on any atom is -0.490 e. The zero-order valence-electron chi connectivity index (χ0n) is 14.9. The number of carboxylic acids is 1. The maximum atomic E-state index is 14.2.